The van der Waals surface area contributed by atoms with E-state index < -0.39 is 4.92 Å². The predicted molar refractivity (Wildman–Crippen MR) is 71.0 cm³/mol. The summed E-state index contributed by atoms with van der Waals surface area (Å²) in [6.45, 7) is 1.92. The van der Waals surface area contributed by atoms with Gasteiger partial charge in [0.05, 0.1) is 4.92 Å². The highest BCUT2D eigenvalue weighted by Crippen LogP contribution is 2.25. The predicted octanol–water partition coefficient (Wildman–Crippen LogP) is 0.0585. The Balaban J connectivity index is 2.10. The van der Waals surface area contributed by atoms with Crippen LogP contribution in [0.1, 0.15) is 11.5 Å². The summed E-state index contributed by atoms with van der Waals surface area (Å²) in [7, 11) is 1.77. The minimum atomic E-state index is -0.532. The van der Waals surface area contributed by atoms with Crippen LogP contribution in [0.25, 0.3) is 0 Å². The summed E-state index contributed by atoms with van der Waals surface area (Å²) in [6.07, 6.45) is 2.10. The van der Waals surface area contributed by atoms with Gasteiger partial charge in [0, 0.05) is 20.0 Å². The number of nitrogens with one attached hydrogen (secondary N) is 1. The molecule has 10 heteroatoms. The molecule has 0 aromatic carbocycles. The van der Waals surface area contributed by atoms with Gasteiger partial charge in [0.15, 0.2) is 5.82 Å². The first-order chi connectivity index (χ1) is 9.47. The Kier molecular flexibility index (Phi) is 3.73. The van der Waals surface area contributed by atoms with Crippen molar-refractivity contribution < 1.29 is 4.92 Å². The van der Waals surface area contributed by atoms with Crippen LogP contribution >= 0.6 is 0 Å². The van der Waals surface area contributed by atoms with E-state index in [1.165, 1.54) is 6.92 Å². The third-order valence-corrected chi connectivity index (χ3v) is 2.55. The molecule has 106 valence electrons. The second-order valence-electron chi connectivity index (χ2n) is 4.13. The number of rotatable bonds is 5. The van der Waals surface area contributed by atoms with E-state index in [0.29, 0.717) is 18.8 Å². The molecular weight excluding hydrogens is 264 g/mol. The summed E-state index contributed by atoms with van der Waals surface area (Å²) in [4.78, 5) is 22.2. The monoisotopic (exact) mass is 278 g/mol. The van der Waals surface area contributed by atoms with Gasteiger partial charge in [-0.15, -0.1) is 0 Å². The topological polar surface area (TPSA) is 138 Å². The Morgan fingerprint density at radius 1 is 1.50 bits per heavy atom. The number of aromatic nitrogens is 5. The van der Waals surface area contributed by atoms with Crippen LogP contribution in [0.4, 0.5) is 17.5 Å². The van der Waals surface area contributed by atoms with E-state index in [1.54, 1.807) is 18.1 Å². The smallest absolute Gasteiger partial charge is 0.332 e. The number of hydrogen-bond donors (Lipinski definition) is 2. The van der Waals surface area contributed by atoms with Crippen molar-refractivity contribution in [1.29, 1.82) is 0 Å². The molecule has 0 aliphatic heterocycles. The van der Waals surface area contributed by atoms with Gasteiger partial charge in [-0.3, -0.25) is 14.8 Å². The van der Waals surface area contributed by atoms with E-state index in [4.69, 9.17) is 5.73 Å². The van der Waals surface area contributed by atoms with Gasteiger partial charge in [0.2, 0.25) is 11.8 Å². The second-order valence-corrected chi connectivity index (χ2v) is 4.13. The summed E-state index contributed by atoms with van der Waals surface area (Å²) in [6, 6.07) is 0. The molecule has 0 atom stereocenters. The molecule has 0 aliphatic carbocycles. The van der Waals surface area contributed by atoms with E-state index in [0.717, 1.165) is 0 Å². The van der Waals surface area contributed by atoms with Crippen LogP contribution in [0.5, 0.6) is 0 Å². The van der Waals surface area contributed by atoms with E-state index in [2.05, 4.69) is 25.4 Å². The molecular formula is C10H14N8O2. The fourth-order valence-corrected chi connectivity index (χ4v) is 1.72. The molecule has 20 heavy (non-hydrogen) atoms. The minimum Gasteiger partial charge on any atom is -0.368 e. The molecule has 2 heterocycles. The highest BCUT2D eigenvalue weighted by Gasteiger charge is 2.21. The van der Waals surface area contributed by atoms with Gasteiger partial charge in [-0.05, 0) is 6.92 Å². The fraction of sp³-hybridized carbons (Fsp3) is 0.400. The first kappa shape index (κ1) is 13.6. The van der Waals surface area contributed by atoms with Crippen molar-refractivity contribution in [3.63, 3.8) is 0 Å². The molecule has 2 aromatic heterocycles. The third kappa shape index (κ3) is 2.96. The van der Waals surface area contributed by atoms with Crippen LogP contribution in [-0.4, -0.2) is 36.2 Å². The average molecular weight is 278 g/mol. The minimum absolute atomic E-state index is 0.00781. The van der Waals surface area contributed by atoms with Crippen LogP contribution in [-0.2, 0) is 13.5 Å². The average Bonchev–Trinajstić information content (AvgIpc) is 2.73. The third-order valence-electron chi connectivity index (χ3n) is 2.55. The lowest BCUT2D eigenvalue weighted by Crippen LogP contribution is -2.12. The zero-order valence-corrected chi connectivity index (χ0v) is 11.1. The Morgan fingerprint density at radius 2 is 2.25 bits per heavy atom. The molecule has 0 amide bonds. The van der Waals surface area contributed by atoms with Crippen LogP contribution in [0.15, 0.2) is 6.33 Å². The van der Waals surface area contributed by atoms with E-state index in [-0.39, 0.29) is 23.1 Å². The summed E-state index contributed by atoms with van der Waals surface area (Å²) in [5, 5.41) is 18.0. The standard InChI is InChI=1S/C10H14N8O2/c1-6-8(18(19)20)9(15-10(11)14-6)12-4-3-7-13-5-17(2)16-7/h5H,3-4H2,1-2H3,(H3,11,12,14,15). The number of hydrogen-bond acceptors (Lipinski definition) is 8. The summed E-state index contributed by atoms with van der Waals surface area (Å²) < 4.78 is 1.59. The van der Waals surface area contributed by atoms with Crippen molar-refractivity contribution in [2.75, 3.05) is 17.6 Å². The van der Waals surface area contributed by atoms with Crippen molar-refractivity contribution in [3.05, 3.63) is 28.0 Å². The van der Waals surface area contributed by atoms with Crippen molar-refractivity contribution in [1.82, 2.24) is 24.7 Å². The maximum Gasteiger partial charge on any atom is 0.332 e. The van der Waals surface area contributed by atoms with Crippen molar-refractivity contribution in [2.45, 2.75) is 13.3 Å². The van der Waals surface area contributed by atoms with Gasteiger partial charge < -0.3 is 11.1 Å². The molecule has 0 saturated carbocycles. The maximum atomic E-state index is 11.0. The number of nitro groups is 1. The summed E-state index contributed by atoms with van der Waals surface area (Å²) in [5.41, 5.74) is 5.55. The summed E-state index contributed by atoms with van der Waals surface area (Å²) >= 11 is 0. The zero-order chi connectivity index (χ0) is 14.7. The highest BCUT2D eigenvalue weighted by molar-refractivity contribution is 5.60. The van der Waals surface area contributed by atoms with Gasteiger partial charge in [0.1, 0.15) is 12.0 Å². The molecule has 0 spiro atoms. The number of nitrogen functional groups attached to an aromatic ring is 1. The van der Waals surface area contributed by atoms with Gasteiger partial charge >= 0.3 is 5.69 Å². The number of nitrogens with zero attached hydrogens (tertiary/aromatic N) is 6. The lowest BCUT2D eigenvalue weighted by molar-refractivity contribution is -0.385. The molecule has 3 N–H and O–H groups in total. The molecule has 0 radical (unpaired) electrons. The fourth-order valence-electron chi connectivity index (χ4n) is 1.72. The number of aryl methyl sites for hydroxylation is 2. The van der Waals surface area contributed by atoms with Gasteiger partial charge in [-0.2, -0.15) is 10.1 Å². The molecule has 2 rings (SSSR count). The molecule has 0 saturated heterocycles. The van der Waals surface area contributed by atoms with Crippen molar-refractivity contribution >= 4 is 17.5 Å². The number of anilines is 2. The molecule has 2 aromatic rings. The van der Waals surface area contributed by atoms with Gasteiger partial charge in [-0.25, -0.2) is 9.97 Å². The van der Waals surface area contributed by atoms with Gasteiger partial charge in [0.25, 0.3) is 0 Å². The molecule has 0 aliphatic rings. The first-order valence-corrected chi connectivity index (χ1v) is 5.84. The highest BCUT2D eigenvalue weighted by atomic mass is 16.6. The maximum absolute atomic E-state index is 11.0. The molecule has 0 fully saturated rings. The zero-order valence-electron chi connectivity index (χ0n) is 11.1. The van der Waals surface area contributed by atoms with Crippen molar-refractivity contribution in [3.8, 4) is 0 Å². The molecule has 0 bridgehead atoms. The lowest BCUT2D eigenvalue weighted by atomic mass is 10.3. The van der Waals surface area contributed by atoms with Crippen LogP contribution in [0, 0.1) is 17.0 Å². The first-order valence-electron chi connectivity index (χ1n) is 5.84. The Labute approximate surface area is 114 Å². The van der Waals surface area contributed by atoms with E-state index >= 15 is 0 Å². The van der Waals surface area contributed by atoms with Crippen molar-refractivity contribution in [2.24, 2.45) is 7.05 Å². The molecule has 0 unspecified atom stereocenters. The molecule has 10 nitrogen and oxygen atoms in total. The Bertz CT molecular complexity index is 638. The van der Waals surface area contributed by atoms with Crippen LogP contribution < -0.4 is 11.1 Å². The second kappa shape index (κ2) is 5.47. The van der Waals surface area contributed by atoms with E-state index in [1.807, 2.05) is 0 Å². The SMILES string of the molecule is Cc1nc(N)nc(NCCc2ncn(C)n2)c1[N+](=O)[O-]. The van der Waals surface area contributed by atoms with Gasteiger partial charge in [-0.1, -0.05) is 0 Å². The quantitative estimate of drug-likeness (QED) is 0.578. The number of nitrogens with two attached hydrogens (primary N) is 1. The van der Waals surface area contributed by atoms with Crippen LogP contribution in [0.3, 0.4) is 0 Å². The normalized spacial score (nSPS) is 10.5. The van der Waals surface area contributed by atoms with E-state index in [9.17, 15) is 10.1 Å². The summed E-state index contributed by atoms with van der Waals surface area (Å²) in [5.74, 6) is 0.740. The largest absolute Gasteiger partial charge is 0.368 e. The van der Waals surface area contributed by atoms with Crippen LogP contribution in [0.2, 0.25) is 0 Å². The lowest BCUT2D eigenvalue weighted by Gasteiger charge is -2.07. The Morgan fingerprint density at radius 3 is 2.85 bits per heavy atom. The Hall–Kier alpha value is -2.78.